The Morgan fingerprint density at radius 1 is 1.07 bits per heavy atom. The molecule has 4 N–H and O–H groups in total. The van der Waals surface area contributed by atoms with Gasteiger partial charge in [0.1, 0.15) is 0 Å². The van der Waals surface area contributed by atoms with Gasteiger partial charge in [0.05, 0.1) is 29.1 Å². The molecule has 234 valence electrons. The van der Waals surface area contributed by atoms with Gasteiger partial charge in [-0.2, -0.15) is 0 Å². The van der Waals surface area contributed by atoms with Crippen molar-refractivity contribution in [1.82, 2.24) is 15.2 Å². The van der Waals surface area contributed by atoms with Crippen LogP contribution >= 0.6 is 0 Å². The summed E-state index contributed by atoms with van der Waals surface area (Å²) in [7, 11) is -1.98. The largest absolute Gasteiger partial charge is 0.483 e. The van der Waals surface area contributed by atoms with E-state index >= 15 is 0 Å². The number of aliphatic hydroxyl groups is 1. The molecular formula is C33H40N4O6S. The second-order valence-electron chi connectivity index (χ2n) is 10.9. The molecule has 3 aromatic carbocycles. The number of hydrogen-bond donors (Lipinski definition) is 4. The number of carboxylic acid groups (broad SMARTS) is 1. The minimum absolute atomic E-state index is 0.00641. The lowest BCUT2D eigenvalue weighted by Gasteiger charge is -2.25. The van der Waals surface area contributed by atoms with Crippen LogP contribution in [-0.4, -0.2) is 67.1 Å². The summed E-state index contributed by atoms with van der Waals surface area (Å²) in [5, 5.41) is 25.4. The van der Waals surface area contributed by atoms with Crippen LogP contribution in [0.1, 0.15) is 39.5 Å². The maximum absolute atomic E-state index is 13.8. The van der Waals surface area contributed by atoms with E-state index in [1.165, 1.54) is 9.87 Å². The summed E-state index contributed by atoms with van der Waals surface area (Å²) in [5.74, 6) is -0.361. The first-order valence-corrected chi connectivity index (χ1v) is 16.2. The van der Waals surface area contributed by atoms with Crippen molar-refractivity contribution in [3.05, 3.63) is 101 Å². The number of benzene rings is 3. The number of amides is 1. The Balaban J connectivity index is 0.00000141. The molecule has 0 spiro atoms. The van der Waals surface area contributed by atoms with Gasteiger partial charge >= 0.3 is 0 Å². The monoisotopic (exact) mass is 620 g/mol. The highest BCUT2D eigenvalue weighted by molar-refractivity contribution is 7.92. The van der Waals surface area contributed by atoms with Gasteiger partial charge in [-0.15, -0.1) is 0 Å². The number of carbonyl (C=O) groups is 2. The van der Waals surface area contributed by atoms with Crippen LogP contribution in [-0.2, 0) is 40.7 Å². The maximum atomic E-state index is 13.8. The molecule has 1 aromatic heterocycles. The Morgan fingerprint density at radius 3 is 2.45 bits per heavy atom. The Hall–Kier alpha value is -4.19. The third-order valence-corrected chi connectivity index (χ3v) is 9.60. The quantitative estimate of drug-likeness (QED) is 0.199. The first-order valence-electron chi connectivity index (χ1n) is 14.6. The summed E-state index contributed by atoms with van der Waals surface area (Å²) >= 11 is 0. The smallest absolute Gasteiger partial charge is 0.290 e. The molecule has 1 aliphatic rings. The van der Waals surface area contributed by atoms with Gasteiger partial charge in [-0.3, -0.25) is 13.9 Å². The van der Waals surface area contributed by atoms with Gasteiger partial charge in [0.2, 0.25) is 10.0 Å². The van der Waals surface area contributed by atoms with Crippen molar-refractivity contribution in [3.63, 3.8) is 0 Å². The summed E-state index contributed by atoms with van der Waals surface area (Å²) in [6.45, 7) is 5.10. The zero-order chi connectivity index (χ0) is 31.9. The van der Waals surface area contributed by atoms with Gasteiger partial charge in [0.15, 0.2) is 0 Å². The van der Waals surface area contributed by atoms with Crippen molar-refractivity contribution >= 4 is 39.0 Å². The lowest BCUT2D eigenvalue weighted by molar-refractivity contribution is -0.122. The number of sulfonamides is 1. The van der Waals surface area contributed by atoms with Crippen LogP contribution in [0.2, 0.25) is 0 Å². The van der Waals surface area contributed by atoms with E-state index in [0.29, 0.717) is 37.3 Å². The minimum atomic E-state index is -3.52. The van der Waals surface area contributed by atoms with Crippen molar-refractivity contribution in [1.29, 1.82) is 0 Å². The first-order chi connectivity index (χ1) is 21.1. The standard InChI is InChI=1S/C32H38N4O4S.CH2O2/c1-4-25-21-36-13-14-41(39,40)35(3)29-18-26(17-27(25)31(29)36)32(38)34-28(16-23-10-6-5-7-11-23)30(37)20-33-19-24-12-8-9-22(2)15-24;2-1-3/h5-12,15,17-18,21,28,30,33,37H,4,13-14,16,19-20H2,1-3H3,(H,34,38);1H,(H,2,3)/t28-,30+;/m0./s1. The molecule has 1 amide bonds. The average molecular weight is 621 g/mol. The van der Waals surface area contributed by atoms with Crippen LogP contribution < -0.4 is 14.9 Å². The van der Waals surface area contributed by atoms with E-state index < -0.39 is 22.2 Å². The fourth-order valence-corrected chi connectivity index (χ4v) is 6.69. The number of nitrogens with zero attached hydrogens (tertiary/aromatic N) is 2. The average Bonchev–Trinajstić information content (AvgIpc) is 3.33. The van der Waals surface area contributed by atoms with Gasteiger partial charge in [-0.05, 0) is 48.6 Å². The number of nitrogens with one attached hydrogen (secondary N) is 2. The van der Waals surface area contributed by atoms with Crippen LogP contribution in [0.5, 0.6) is 0 Å². The van der Waals surface area contributed by atoms with E-state index in [4.69, 9.17) is 9.90 Å². The molecule has 2 atom stereocenters. The van der Waals surface area contributed by atoms with Crippen molar-refractivity contribution in [2.45, 2.75) is 51.9 Å². The highest BCUT2D eigenvalue weighted by atomic mass is 32.2. The minimum Gasteiger partial charge on any atom is -0.483 e. The highest BCUT2D eigenvalue weighted by Gasteiger charge is 2.29. The fraction of sp³-hybridized carbons (Fsp3) is 0.333. The molecule has 0 unspecified atom stereocenters. The summed E-state index contributed by atoms with van der Waals surface area (Å²) in [5.41, 5.74) is 6.02. The number of anilines is 1. The number of aromatic nitrogens is 1. The fourth-order valence-electron chi connectivity index (χ4n) is 5.55. The molecule has 44 heavy (non-hydrogen) atoms. The van der Waals surface area contributed by atoms with Crippen LogP contribution in [0.3, 0.4) is 0 Å². The third kappa shape index (κ3) is 7.65. The van der Waals surface area contributed by atoms with E-state index in [1.54, 1.807) is 13.1 Å². The highest BCUT2D eigenvalue weighted by Crippen LogP contribution is 2.35. The SMILES string of the molecule is CCc1cn2c3c(cc(C(=O)N[C@@H](Cc4ccccc4)[C@H](O)CNCc4cccc(C)c4)cc13)N(C)S(=O)(=O)CC2.O=CO. The van der Waals surface area contributed by atoms with Crippen molar-refractivity contribution in [3.8, 4) is 0 Å². The van der Waals surface area contributed by atoms with E-state index in [9.17, 15) is 18.3 Å². The Kier molecular flexibility index (Phi) is 10.8. The molecule has 0 saturated heterocycles. The van der Waals surface area contributed by atoms with Gasteiger partial charge in [0, 0.05) is 43.8 Å². The summed E-state index contributed by atoms with van der Waals surface area (Å²) in [4.78, 5) is 22.1. The molecule has 2 heterocycles. The zero-order valence-electron chi connectivity index (χ0n) is 25.2. The molecule has 11 heteroatoms. The number of hydrogen-bond acceptors (Lipinski definition) is 6. The van der Waals surface area contributed by atoms with Crippen LogP contribution in [0, 0.1) is 6.92 Å². The van der Waals surface area contributed by atoms with Crippen LogP contribution in [0.25, 0.3) is 10.9 Å². The van der Waals surface area contributed by atoms with Crippen LogP contribution in [0.15, 0.2) is 72.9 Å². The normalized spacial score (nSPS) is 15.0. The summed E-state index contributed by atoms with van der Waals surface area (Å²) < 4.78 is 29.1. The van der Waals surface area contributed by atoms with Gasteiger partial charge in [-0.1, -0.05) is 67.1 Å². The zero-order valence-corrected chi connectivity index (χ0v) is 26.0. The second kappa shape index (κ2) is 14.5. The molecule has 0 radical (unpaired) electrons. The molecule has 5 rings (SSSR count). The number of rotatable bonds is 10. The number of aryl methyl sites for hydroxylation is 3. The topological polar surface area (TPSA) is 141 Å². The molecule has 1 aliphatic heterocycles. The Bertz CT molecular complexity index is 1700. The lowest BCUT2D eigenvalue weighted by Crippen LogP contribution is -2.48. The molecule has 0 fully saturated rings. The summed E-state index contributed by atoms with van der Waals surface area (Å²) in [6, 6.07) is 20.9. The summed E-state index contributed by atoms with van der Waals surface area (Å²) in [6.07, 6.45) is 2.34. The van der Waals surface area contributed by atoms with Gasteiger partial charge in [-0.25, -0.2) is 8.42 Å². The maximum Gasteiger partial charge on any atom is 0.290 e. The number of carbonyl (C=O) groups excluding carboxylic acids is 1. The number of aliphatic hydroxyl groups excluding tert-OH is 1. The van der Waals surface area contributed by atoms with Crippen molar-refractivity contribution in [2.75, 3.05) is 23.7 Å². The molecule has 0 bridgehead atoms. The molecule has 0 saturated carbocycles. The van der Waals surface area contributed by atoms with Gasteiger partial charge < -0.3 is 25.4 Å². The van der Waals surface area contributed by atoms with Crippen molar-refractivity contribution < 1.29 is 28.2 Å². The van der Waals surface area contributed by atoms with E-state index in [0.717, 1.165) is 34.0 Å². The second-order valence-corrected chi connectivity index (χ2v) is 13.1. The molecule has 0 aliphatic carbocycles. The molecular weight excluding hydrogens is 580 g/mol. The van der Waals surface area contributed by atoms with E-state index in [1.807, 2.05) is 79.2 Å². The van der Waals surface area contributed by atoms with Crippen LogP contribution in [0.4, 0.5) is 5.69 Å². The predicted molar refractivity (Wildman–Crippen MR) is 172 cm³/mol. The molecule has 4 aromatic rings. The molecule has 10 nitrogen and oxygen atoms in total. The first kappa shape index (κ1) is 32.7. The third-order valence-electron chi connectivity index (χ3n) is 7.87. The Labute approximate surface area is 258 Å². The predicted octanol–water partition coefficient (Wildman–Crippen LogP) is 3.48. The van der Waals surface area contributed by atoms with Gasteiger partial charge in [0.25, 0.3) is 12.4 Å². The van der Waals surface area contributed by atoms with Crippen molar-refractivity contribution in [2.24, 2.45) is 0 Å². The lowest BCUT2D eigenvalue weighted by atomic mass is 9.99. The van der Waals surface area contributed by atoms with E-state index in [-0.39, 0.29) is 18.1 Å². The van der Waals surface area contributed by atoms with E-state index in [2.05, 4.69) is 16.7 Å². The Morgan fingerprint density at radius 2 is 1.77 bits per heavy atom.